The number of anilines is 1. The van der Waals surface area contributed by atoms with E-state index in [1.807, 2.05) is 13.8 Å². The van der Waals surface area contributed by atoms with Crippen molar-refractivity contribution in [2.45, 2.75) is 32.7 Å². The molecular formula is C13H21ClN4. The van der Waals surface area contributed by atoms with Gasteiger partial charge in [0.15, 0.2) is 11.0 Å². The van der Waals surface area contributed by atoms with Crippen molar-refractivity contribution in [1.82, 2.24) is 14.9 Å². The average Bonchev–Trinajstić information content (AvgIpc) is 2.34. The third-order valence-electron chi connectivity index (χ3n) is 3.74. The van der Waals surface area contributed by atoms with Gasteiger partial charge in [-0.2, -0.15) is 0 Å². The van der Waals surface area contributed by atoms with Crippen LogP contribution < -0.4 is 4.90 Å². The molecule has 0 N–H and O–H groups in total. The van der Waals surface area contributed by atoms with Gasteiger partial charge in [-0.05, 0) is 40.8 Å². The zero-order valence-electron chi connectivity index (χ0n) is 11.6. The van der Waals surface area contributed by atoms with Crippen LogP contribution in [0.2, 0.25) is 5.15 Å². The first-order chi connectivity index (χ1) is 8.49. The lowest BCUT2D eigenvalue weighted by atomic mass is 10.0. The monoisotopic (exact) mass is 268 g/mol. The van der Waals surface area contributed by atoms with E-state index in [-0.39, 0.29) is 0 Å². The summed E-state index contributed by atoms with van der Waals surface area (Å²) in [5.41, 5.74) is 1.87. The van der Waals surface area contributed by atoms with E-state index in [2.05, 4.69) is 33.9 Å². The molecule has 4 nitrogen and oxygen atoms in total. The maximum Gasteiger partial charge on any atom is 0.171 e. The SMILES string of the molecule is Cc1nc(Cl)c(N2CCC(N(C)C)CC2)nc1C. The zero-order chi connectivity index (χ0) is 13.3. The van der Waals surface area contributed by atoms with E-state index in [0.29, 0.717) is 11.2 Å². The van der Waals surface area contributed by atoms with Gasteiger partial charge in [0.2, 0.25) is 0 Å². The van der Waals surface area contributed by atoms with Crippen LogP contribution in [-0.4, -0.2) is 48.1 Å². The summed E-state index contributed by atoms with van der Waals surface area (Å²) in [6.45, 7) is 5.92. The predicted octanol–water partition coefficient (Wildman–Crippen LogP) is 2.28. The molecule has 1 saturated heterocycles. The van der Waals surface area contributed by atoms with E-state index in [1.54, 1.807) is 0 Å². The maximum atomic E-state index is 6.21. The molecule has 0 spiro atoms. The van der Waals surface area contributed by atoms with Gasteiger partial charge in [0.1, 0.15) is 0 Å². The van der Waals surface area contributed by atoms with Crippen LogP contribution in [0, 0.1) is 13.8 Å². The summed E-state index contributed by atoms with van der Waals surface area (Å²) in [6, 6.07) is 0.666. The van der Waals surface area contributed by atoms with E-state index in [9.17, 15) is 0 Å². The molecule has 0 amide bonds. The first-order valence-electron chi connectivity index (χ1n) is 6.41. The number of hydrogen-bond donors (Lipinski definition) is 0. The van der Waals surface area contributed by atoms with Gasteiger partial charge in [-0.1, -0.05) is 11.6 Å². The molecule has 0 aromatic carbocycles. The minimum absolute atomic E-state index is 0.529. The van der Waals surface area contributed by atoms with Gasteiger partial charge in [-0.3, -0.25) is 0 Å². The van der Waals surface area contributed by atoms with Crippen molar-refractivity contribution < 1.29 is 0 Å². The Bertz CT molecular complexity index is 425. The van der Waals surface area contributed by atoms with E-state index in [0.717, 1.165) is 43.1 Å². The van der Waals surface area contributed by atoms with E-state index >= 15 is 0 Å². The summed E-state index contributed by atoms with van der Waals surface area (Å²) in [6.07, 6.45) is 2.30. The maximum absolute atomic E-state index is 6.21. The molecular weight excluding hydrogens is 248 g/mol. The first-order valence-corrected chi connectivity index (χ1v) is 6.79. The van der Waals surface area contributed by atoms with Crippen LogP contribution >= 0.6 is 11.6 Å². The summed E-state index contributed by atoms with van der Waals surface area (Å²) >= 11 is 6.21. The highest BCUT2D eigenvalue weighted by Gasteiger charge is 2.23. The quantitative estimate of drug-likeness (QED) is 0.824. The minimum Gasteiger partial charge on any atom is -0.354 e. The van der Waals surface area contributed by atoms with Crippen LogP contribution in [0.4, 0.5) is 5.82 Å². The summed E-state index contributed by atoms with van der Waals surface area (Å²) in [5.74, 6) is 0.844. The van der Waals surface area contributed by atoms with Gasteiger partial charge in [0, 0.05) is 19.1 Å². The fourth-order valence-corrected chi connectivity index (χ4v) is 2.65. The van der Waals surface area contributed by atoms with Gasteiger partial charge >= 0.3 is 0 Å². The van der Waals surface area contributed by atoms with Crippen molar-refractivity contribution in [2.75, 3.05) is 32.1 Å². The molecule has 0 bridgehead atoms. The van der Waals surface area contributed by atoms with Crippen molar-refractivity contribution in [2.24, 2.45) is 0 Å². The summed E-state index contributed by atoms with van der Waals surface area (Å²) < 4.78 is 0. The van der Waals surface area contributed by atoms with Crippen molar-refractivity contribution >= 4 is 17.4 Å². The van der Waals surface area contributed by atoms with Crippen LogP contribution in [0.3, 0.4) is 0 Å². The number of rotatable bonds is 2. The molecule has 100 valence electrons. The third kappa shape index (κ3) is 2.75. The Morgan fingerprint density at radius 2 is 1.67 bits per heavy atom. The molecule has 0 saturated carbocycles. The van der Waals surface area contributed by atoms with Crippen LogP contribution in [0.5, 0.6) is 0 Å². The molecule has 0 unspecified atom stereocenters. The molecule has 18 heavy (non-hydrogen) atoms. The number of halogens is 1. The van der Waals surface area contributed by atoms with Crippen molar-refractivity contribution in [1.29, 1.82) is 0 Å². The molecule has 2 rings (SSSR count). The Balaban J connectivity index is 2.12. The molecule has 1 aromatic heterocycles. The van der Waals surface area contributed by atoms with Crippen LogP contribution in [0.25, 0.3) is 0 Å². The Labute approximate surface area is 114 Å². The molecule has 5 heteroatoms. The second-order valence-corrected chi connectivity index (χ2v) is 5.55. The zero-order valence-corrected chi connectivity index (χ0v) is 12.3. The molecule has 0 radical (unpaired) electrons. The highest BCUT2D eigenvalue weighted by Crippen LogP contribution is 2.26. The average molecular weight is 269 g/mol. The lowest BCUT2D eigenvalue weighted by molar-refractivity contribution is 0.249. The largest absolute Gasteiger partial charge is 0.354 e. The Morgan fingerprint density at radius 1 is 1.11 bits per heavy atom. The van der Waals surface area contributed by atoms with E-state index in [1.165, 1.54) is 0 Å². The van der Waals surface area contributed by atoms with E-state index < -0.39 is 0 Å². The van der Waals surface area contributed by atoms with Crippen molar-refractivity contribution in [3.05, 3.63) is 16.5 Å². The van der Waals surface area contributed by atoms with Gasteiger partial charge in [0.05, 0.1) is 11.4 Å². The fourth-order valence-electron chi connectivity index (χ4n) is 2.36. The molecule has 2 heterocycles. The Hall–Kier alpha value is -0.870. The molecule has 1 aromatic rings. The van der Waals surface area contributed by atoms with Gasteiger partial charge in [-0.15, -0.1) is 0 Å². The molecule has 1 aliphatic rings. The fraction of sp³-hybridized carbons (Fsp3) is 0.692. The van der Waals surface area contributed by atoms with Gasteiger partial charge in [0.25, 0.3) is 0 Å². The van der Waals surface area contributed by atoms with Gasteiger partial charge in [-0.25, -0.2) is 9.97 Å². The lowest BCUT2D eigenvalue weighted by Gasteiger charge is -2.36. The molecule has 1 aliphatic heterocycles. The third-order valence-corrected chi connectivity index (χ3v) is 4.00. The summed E-state index contributed by atoms with van der Waals surface area (Å²) in [7, 11) is 4.28. The number of aromatic nitrogens is 2. The molecule has 0 aliphatic carbocycles. The summed E-state index contributed by atoms with van der Waals surface area (Å²) in [4.78, 5) is 13.5. The molecule has 1 fully saturated rings. The normalized spacial score (nSPS) is 17.6. The smallest absolute Gasteiger partial charge is 0.171 e. The molecule has 0 atom stereocenters. The van der Waals surface area contributed by atoms with Gasteiger partial charge < -0.3 is 9.80 Å². The number of hydrogen-bond acceptors (Lipinski definition) is 4. The second kappa shape index (κ2) is 5.41. The van der Waals surface area contributed by atoms with Crippen molar-refractivity contribution in [3.63, 3.8) is 0 Å². The highest BCUT2D eigenvalue weighted by atomic mass is 35.5. The topological polar surface area (TPSA) is 32.3 Å². The lowest BCUT2D eigenvalue weighted by Crippen LogP contribution is -2.42. The second-order valence-electron chi connectivity index (χ2n) is 5.19. The minimum atomic E-state index is 0.529. The predicted molar refractivity (Wildman–Crippen MR) is 75.4 cm³/mol. The van der Waals surface area contributed by atoms with Crippen molar-refractivity contribution in [3.8, 4) is 0 Å². The standard InChI is InChI=1S/C13H21ClN4/c1-9-10(2)16-13(12(14)15-9)18-7-5-11(6-8-18)17(3)4/h11H,5-8H2,1-4H3. The number of aryl methyl sites for hydroxylation is 2. The number of nitrogens with zero attached hydrogens (tertiary/aromatic N) is 4. The van der Waals surface area contributed by atoms with Crippen LogP contribution in [0.1, 0.15) is 24.2 Å². The highest BCUT2D eigenvalue weighted by molar-refractivity contribution is 6.31. The Morgan fingerprint density at radius 3 is 2.22 bits per heavy atom. The van der Waals surface area contributed by atoms with Crippen LogP contribution in [-0.2, 0) is 0 Å². The van der Waals surface area contributed by atoms with Crippen LogP contribution in [0.15, 0.2) is 0 Å². The first kappa shape index (κ1) is 13.6. The Kier molecular flexibility index (Phi) is 4.07. The summed E-state index contributed by atoms with van der Waals surface area (Å²) in [5, 5.41) is 0.529. The number of piperidine rings is 1. The van der Waals surface area contributed by atoms with E-state index in [4.69, 9.17) is 11.6 Å².